The maximum Gasteiger partial charge on any atom is 0.416 e. The van der Waals surface area contributed by atoms with Crippen LogP contribution in [0.3, 0.4) is 0 Å². The number of rotatable bonds is 5. The second-order valence-corrected chi connectivity index (χ2v) is 7.45. The van der Waals surface area contributed by atoms with Crippen molar-refractivity contribution in [1.29, 1.82) is 0 Å². The number of benzene rings is 2. The third-order valence-electron chi connectivity index (χ3n) is 4.97. The van der Waals surface area contributed by atoms with E-state index in [1.54, 1.807) is 6.07 Å². The molecular weight excluding hydrogens is 367 g/mol. The Hall–Kier alpha value is -2.34. The summed E-state index contributed by atoms with van der Waals surface area (Å²) in [5.74, 6) is -0.248. The Kier molecular flexibility index (Phi) is 6.08. The quantitative estimate of drug-likeness (QED) is 0.678. The number of hydrogen-bond donors (Lipinski definition) is 0. The average Bonchev–Trinajstić information content (AvgIpc) is 2.63. The van der Waals surface area contributed by atoms with E-state index in [-0.39, 0.29) is 29.6 Å². The molecule has 0 aromatic heterocycles. The highest BCUT2D eigenvalue weighted by Crippen LogP contribution is 2.34. The number of likely N-dealkylation sites (tertiary alicyclic amines) is 1. The van der Waals surface area contributed by atoms with Gasteiger partial charge in [0.2, 0.25) is 0 Å². The van der Waals surface area contributed by atoms with E-state index >= 15 is 0 Å². The zero-order valence-electron chi connectivity index (χ0n) is 16.1. The average molecular weight is 391 g/mol. The summed E-state index contributed by atoms with van der Waals surface area (Å²) in [7, 11) is 2.00. The molecule has 0 amide bonds. The normalized spacial score (nSPS) is 16.2. The minimum atomic E-state index is -4.54. The largest absolute Gasteiger partial charge is 0.490 e. The molecule has 0 spiro atoms. The molecule has 0 aliphatic carbocycles. The molecule has 1 saturated heterocycles. The molecule has 6 heteroatoms. The van der Waals surface area contributed by atoms with Crippen LogP contribution in [0, 0.1) is 6.92 Å². The van der Waals surface area contributed by atoms with Gasteiger partial charge in [0.15, 0.2) is 5.78 Å². The van der Waals surface area contributed by atoms with E-state index in [0.717, 1.165) is 49.2 Å². The molecule has 1 heterocycles. The number of alkyl halides is 3. The maximum absolute atomic E-state index is 13.3. The van der Waals surface area contributed by atoms with Gasteiger partial charge in [-0.1, -0.05) is 29.8 Å². The van der Waals surface area contributed by atoms with Crippen molar-refractivity contribution in [2.45, 2.75) is 38.5 Å². The molecule has 0 radical (unpaired) electrons. The predicted octanol–water partition coefficient (Wildman–Crippen LogP) is 4.91. The van der Waals surface area contributed by atoms with Crippen LogP contribution in [0.15, 0.2) is 42.5 Å². The molecule has 0 N–H and O–H groups in total. The summed E-state index contributed by atoms with van der Waals surface area (Å²) in [6, 6.07) is 10.7. The first-order chi connectivity index (χ1) is 13.2. The number of carbonyl (C=O) groups is 1. The van der Waals surface area contributed by atoms with Gasteiger partial charge >= 0.3 is 6.18 Å². The molecule has 1 aliphatic rings. The van der Waals surface area contributed by atoms with Crippen molar-refractivity contribution in [2.24, 2.45) is 0 Å². The Morgan fingerprint density at radius 2 is 1.86 bits per heavy atom. The zero-order valence-corrected chi connectivity index (χ0v) is 16.1. The second kappa shape index (κ2) is 8.35. The molecular formula is C22H24F3NO2. The third-order valence-corrected chi connectivity index (χ3v) is 4.97. The molecule has 1 aliphatic heterocycles. The summed E-state index contributed by atoms with van der Waals surface area (Å²) in [5.41, 5.74) is 0.950. The summed E-state index contributed by atoms with van der Waals surface area (Å²) < 4.78 is 45.9. The van der Waals surface area contributed by atoms with Crippen LogP contribution in [0.5, 0.6) is 5.75 Å². The van der Waals surface area contributed by atoms with Gasteiger partial charge in [-0.25, -0.2) is 0 Å². The van der Waals surface area contributed by atoms with Crippen LogP contribution in [-0.2, 0) is 12.6 Å². The van der Waals surface area contributed by atoms with Gasteiger partial charge in [0.25, 0.3) is 0 Å². The molecule has 1 fully saturated rings. The summed E-state index contributed by atoms with van der Waals surface area (Å²) >= 11 is 0. The number of Topliss-reactive ketones (excluding diaryl/α,β-unsaturated/α-hetero) is 1. The molecule has 2 aromatic rings. The van der Waals surface area contributed by atoms with Crippen LogP contribution in [0.1, 0.15) is 39.9 Å². The van der Waals surface area contributed by atoms with Crippen molar-refractivity contribution in [3.63, 3.8) is 0 Å². The second-order valence-electron chi connectivity index (χ2n) is 7.45. The fraction of sp³-hybridized carbons (Fsp3) is 0.409. The van der Waals surface area contributed by atoms with E-state index in [9.17, 15) is 18.0 Å². The Morgan fingerprint density at radius 1 is 1.14 bits per heavy atom. The highest BCUT2D eigenvalue weighted by Gasteiger charge is 2.32. The molecule has 3 rings (SSSR count). The van der Waals surface area contributed by atoms with Crippen LogP contribution < -0.4 is 4.74 Å². The number of ether oxygens (including phenoxy) is 1. The van der Waals surface area contributed by atoms with Crippen molar-refractivity contribution in [3.05, 3.63) is 64.7 Å². The molecule has 0 unspecified atom stereocenters. The summed E-state index contributed by atoms with van der Waals surface area (Å²) in [6.45, 7) is 3.58. The number of nitrogens with zero attached hydrogens (tertiary/aromatic N) is 1. The lowest BCUT2D eigenvalue weighted by Crippen LogP contribution is -2.35. The first-order valence-electron chi connectivity index (χ1n) is 9.37. The molecule has 28 heavy (non-hydrogen) atoms. The Bertz CT molecular complexity index is 840. The molecule has 150 valence electrons. The van der Waals surface area contributed by atoms with E-state index in [0.29, 0.717) is 0 Å². The van der Waals surface area contributed by atoms with Crippen LogP contribution in [-0.4, -0.2) is 36.9 Å². The van der Waals surface area contributed by atoms with Crippen molar-refractivity contribution in [3.8, 4) is 5.75 Å². The predicted molar refractivity (Wildman–Crippen MR) is 102 cm³/mol. The minimum Gasteiger partial charge on any atom is -0.490 e. The number of aryl methyl sites for hydroxylation is 1. The lowest BCUT2D eigenvalue weighted by atomic mass is 9.99. The number of hydrogen-bond acceptors (Lipinski definition) is 3. The highest BCUT2D eigenvalue weighted by atomic mass is 19.4. The topological polar surface area (TPSA) is 29.5 Å². The van der Waals surface area contributed by atoms with Gasteiger partial charge in [-0.15, -0.1) is 0 Å². The zero-order chi connectivity index (χ0) is 20.3. The van der Waals surface area contributed by atoms with Crippen LogP contribution in [0.2, 0.25) is 0 Å². The van der Waals surface area contributed by atoms with Crippen molar-refractivity contribution in [1.82, 2.24) is 4.90 Å². The Labute approximate surface area is 163 Å². The lowest BCUT2D eigenvalue weighted by Gasteiger charge is -2.29. The van der Waals surface area contributed by atoms with Crippen LogP contribution in [0.4, 0.5) is 13.2 Å². The van der Waals surface area contributed by atoms with Crippen molar-refractivity contribution in [2.75, 3.05) is 20.1 Å². The fourth-order valence-corrected chi connectivity index (χ4v) is 3.40. The summed E-state index contributed by atoms with van der Waals surface area (Å²) in [6.07, 6.45) is -3.13. The van der Waals surface area contributed by atoms with E-state index < -0.39 is 11.7 Å². The van der Waals surface area contributed by atoms with Gasteiger partial charge in [0.1, 0.15) is 11.9 Å². The maximum atomic E-state index is 13.3. The molecule has 3 nitrogen and oxygen atoms in total. The Morgan fingerprint density at radius 3 is 2.50 bits per heavy atom. The van der Waals surface area contributed by atoms with Gasteiger partial charge in [0.05, 0.1) is 5.56 Å². The van der Waals surface area contributed by atoms with Crippen LogP contribution in [0.25, 0.3) is 0 Å². The number of halogens is 3. The lowest BCUT2D eigenvalue weighted by molar-refractivity contribution is -0.137. The van der Waals surface area contributed by atoms with Gasteiger partial charge in [0, 0.05) is 25.1 Å². The van der Waals surface area contributed by atoms with E-state index in [1.807, 2.05) is 32.2 Å². The van der Waals surface area contributed by atoms with E-state index in [2.05, 4.69) is 4.90 Å². The standard InChI is InChI=1S/C22H24F3NO2/c1-15-4-3-5-16(10-15)11-21(27)17-12-18(22(23,24)25)14-20(13-17)28-19-6-8-26(2)9-7-19/h3-5,10,12-14,19H,6-9,11H2,1-2H3. The van der Waals surface area contributed by atoms with E-state index in [4.69, 9.17) is 4.74 Å². The fourth-order valence-electron chi connectivity index (χ4n) is 3.40. The summed E-state index contributed by atoms with van der Waals surface area (Å²) in [5, 5.41) is 0. The van der Waals surface area contributed by atoms with Crippen molar-refractivity contribution < 1.29 is 22.7 Å². The molecule has 0 saturated carbocycles. The monoisotopic (exact) mass is 391 g/mol. The molecule has 0 atom stereocenters. The van der Waals surface area contributed by atoms with Gasteiger partial charge in [-0.2, -0.15) is 13.2 Å². The van der Waals surface area contributed by atoms with E-state index in [1.165, 1.54) is 6.07 Å². The molecule has 0 bridgehead atoms. The Balaban J connectivity index is 1.84. The number of ketones is 1. The highest BCUT2D eigenvalue weighted by molar-refractivity contribution is 5.98. The van der Waals surface area contributed by atoms with Crippen LogP contribution >= 0.6 is 0 Å². The van der Waals surface area contributed by atoms with Gasteiger partial charge in [-0.05, 0) is 50.6 Å². The van der Waals surface area contributed by atoms with Crippen molar-refractivity contribution >= 4 is 5.78 Å². The number of piperidine rings is 1. The minimum absolute atomic E-state index is 0.0271. The van der Waals surface area contributed by atoms with Gasteiger partial charge < -0.3 is 9.64 Å². The summed E-state index contributed by atoms with van der Waals surface area (Å²) in [4.78, 5) is 14.8. The SMILES string of the molecule is Cc1cccc(CC(=O)c2cc(OC3CCN(C)CC3)cc(C(F)(F)F)c2)c1. The first kappa shape index (κ1) is 20.4. The third kappa shape index (κ3) is 5.35. The first-order valence-corrected chi connectivity index (χ1v) is 9.37. The smallest absolute Gasteiger partial charge is 0.416 e. The van der Waals surface area contributed by atoms with Gasteiger partial charge in [-0.3, -0.25) is 4.79 Å². The molecule has 2 aromatic carbocycles. The number of carbonyl (C=O) groups excluding carboxylic acids is 1.